The van der Waals surface area contributed by atoms with Gasteiger partial charge in [0.2, 0.25) is 5.95 Å². The van der Waals surface area contributed by atoms with Gasteiger partial charge in [0.25, 0.3) is 0 Å². The average molecular weight is 284 g/mol. The molecular formula is C13H16BClFNO2. The van der Waals surface area contributed by atoms with E-state index in [1.807, 2.05) is 27.7 Å². The van der Waals surface area contributed by atoms with Crippen LogP contribution in [0.1, 0.15) is 33.3 Å². The van der Waals surface area contributed by atoms with Crippen LogP contribution in [0.15, 0.2) is 18.2 Å². The van der Waals surface area contributed by atoms with Crippen LogP contribution in [0.5, 0.6) is 0 Å². The van der Waals surface area contributed by atoms with Crippen LogP contribution < -0.4 is 0 Å². The second-order valence-corrected chi connectivity index (χ2v) is 5.89. The fourth-order valence-corrected chi connectivity index (χ4v) is 1.91. The molecule has 0 radical (unpaired) electrons. The molecule has 0 N–H and O–H groups in total. The van der Waals surface area contributed by atoms with Crippen LogP contribution >= 0.6 is 11.6 Å². The number of halogens is 2. The molecule has 102 valence electrons. The molecule has 0 bridgehead atoms. The lowest BCUT2D eigenvalue weighted by molar-refractivity contribution is 0.00578. The summed E-state index contributed by atoms with van der Waals surface area (Å²) in [5.74, 6) is 1.03. The summed E-state index contributed by atoms with van der Waals surface area (Å²) in [4.78, 5) is 3.56. The largest absolute Gasteiger partial charge is 0.487 e. The molecule has 0 atom stereocenters. The van der Waals surface area contributed by atoms with E-state index in [9.17, 15) is 4.39 Å². The van der Waals surface area contributed by atoms with Gasteiger partial charge in [0.15, 0.2) is 0 Å². The van der Waals surface area contributed by atoms with Crippen LogP contribution in [0.3, 0.4) is 0 Å². The number of aromatic nitrogens is 1. The second kappa shape index (κ2) is 4.89. The maximum absolute atomic E-state index is 13.5. The summed E-state index contributed by atoms with van der Waals surface area (Å²) < 4.78 is 25.0. The Hall–Kier alpha value is -0.905. The lowest BCUT2D eigenvalue weighted by Crippen LogP contribution is -2.41. The van der Waals surface area contributed by atoms with Gasteiger partial charge in [-0.05, 0) is 33.8 Å². The Morgan fingerprint density at radius 1 is 1.26 bits per heavy atom. The highest BCUT2D eigenvalue weighted by Crippen LogP contribution is 2.37. The first kappa shape index (κ1) is 14.5. The van der Waals surface area contributed by atoms with E-state index in [2.05, 4.69) is 4.98 Å². The molecular weight excluding hydrogens is 267 g/mol. The number of hydrogen-bond donors (Lipinski definition) is 0. The SMILES string of the molecule is CC1(C)OB(/C=C/c2c(Cl)ccnc2F)OC1(C)C. The molecule has 1 aliphatic heterocycles. The van der Waals surface area contributed by atoms with Gasteiger partial charge in [-0.1, -0.05) is 23.7 Å². The van der Waals surface area contributed by atoms with Gasteiger partial charge in [-0.2, -0.15) is 4.39 Å². The zero-order chi connectivity index (χ0) is 14.3. The molecule has 3 nitrogen and oxygen atoms in total. The van der Waals surface area contributed by atoms with Gasteiger partial charge in [-0.15, -0.1) is 0 Å². The minimum atomic E-state index is -0.611. The van der Waals surface area contributed by atoms with Crippen LogP contribution in [0.4, 0.5) is 4.39 Å². The lowest BCUT2D eigenvalue weighted by Gasteiger charge is -2.32. The predicted octanol–water partition coefficient (Wildman–Crippen LogP) is 3.52. The normalized spacial score (nSPS) is 21.3. The maximum Gasteiger partial charge on any atom is 0.487 e. The predicted molar refractivity (Wildman–Crippen MR) is 74.3 cm³/mol. The number of nitrogens with zero attached hydrogens (tertiary/aromatic N) is 1. The van der Waals surface area contributed by atoms with E-state index in [1.54, 1.807) is 5.98 Å². The average Bonchev–Trinajstić information content (AvgIpc) is 2.46. The molecule has 0 unspecified atom stereocenters. The molecule has 1 aromatic rings. The van der Waals surface area contributed by atoms with E-state index in [-0.39, 0.29) is 5.56 Å². The third-order valence-electron chi connectivity index (χ3n) is 3.58. The van der Waals surface area contributed by atoms with Crippen molar-refractivity contribution in [1.29, 1.82) is 0 Å². The van der Waals surface area contributed by atoms with Gasteiger partial charge in [0.1, 0.15) is 0 Å². The zero-order valence-electron chi connectivity index (χ0n) is 11.4. The third-order valence-corrected chi connectivity index (χ3v) is 3.91. The molecule has 1 fully saturated rings. The molecule has 19 heavy (non-hydrogen) atoms. The van der Waals surface area contributed by atoms with Crippen molar-refractivity contribution >= 4 is 24.8 Å². The molecule has 2 rings (SSSR count). The second-order valence-electron chi connectivity index (χ2n) is 5.48. The van der Waals surface area contributed by atoms with Crippen molar-refractivity contribution in [1.82, 2.24) is 4.98 Å². The van der Waals surface area contributed by atoms with E-state index in [0.717, 1.165) is 0 Å². The van der Waals surface area contributed by atoms with E-state index >= 15 is 0 Å². The van der Waals surface area contributed by atoms with Gasteiger partial charge >= 0.3 is 7.12 Å². The van der Waals surface area contributed by atoms with Crippen molar-refractivity contribution in [2.75, 3.05) is 0 Å². The third kappa shape index (κ3) is 2.83. The molecule has 2 heterocycles. The van der Waals surface area contributed by atoms with Crippen molar-refractivity contribution in [3.05, 3.63) is 34.8 Å². The summed E-state index contributed by atoms with van der Waals surface area (Å²) in [6.07, 6.45) is 2.86. The summed E-state index contributed by atoms with van der Waals surface area (Å²) >= 11 is 5.91. The lowest BCUT2D eigenvalue weighted by atomic mass is 9.89. The van der Waals surface area contributed by atoms with Crippen LogP contribution in [-0.4, -0.2) is 23.3 Å². The summed E-state index contributed by atoms with van der Waals surface area (Å²) in [6, 6.07) is 1.54. The standard InChI is InChI=1S/C13H16BClFNO2/c1-12(2)13(3,4)19-14(18-12)7-5-9-10(15)6-8-17-11(9)16/h5-8H,1-4H3/b7-5+. The molecule has 0 aliphatic carbocycles. The van der Waals surface area contributed by atoms with E-state index in [0.29, 0.717) is 5.02 Å². The summed E-state index contributed by atoms with van der Waals surface area (Å²) in [5, 5.41) is 0.306. The fraction of sp³-hybridized carbons (Fsp3) is 0.462. The summed E-state index contributed by atoms with van der Waals surface area (Å²) in [6.45, 7) is 7.83. The first-order valence-electron chi connectivity index (χ1n) is 6.07. The first-order valence-corrected chi connectivity index (χ1v) is 6.44. The Labute approximate surface area is 117 Å². The minimum Gasteiger partial charge on any atom is -0.400 e. The number of pyridine rings is 1. The van der Waals surface area contributed by atoms with Crippen LogP contribution in [-0.2, 0) is 9.31 Å². The van der Waals surface area contributed by atoms with Gasteiger partial charge in [0, 0.05) is 11.8 Å². The fourth-order valence-electron chi connectivity index (χ4n) is 1.72. The smallest absolute Gasteiger partial charge is 0.400 e. The van der Waals surface area contributed by atoms with Gasteiger partial charge in [-0.25, -0.2) is 4.98 Å². The van der Waals surface area contributed by atoms with E-state index in [1.165, 1.54) is 18.3 Å². The van der Waals surface area contributed by atoms with Crippen LogP contribution in [0.2, 0.25) is 5.02 Å². The molecule has 1 aliphatic rings. The monoisotopic (exact) mass is 283 g/mol. The Morgan fingerprint density at radius 2 is 1.84 bits per heavy atom. The van der Waals surface area contributed by atoms with Crippen LogP contribution in [0, 0.1) is 5.95 Å². The molecule has 1 saturated heterocycles. The number of hydrogen-bond acceptors (Lipinski definition) is 3. The summed E-state index contributed by atoms with van der Waals surface area (Å²) in [7, 11) is -0.527. The zero-order valence-corrected chi connectivity index (χ0v) is 12.2. The Balaban J connectivity index is 2.18. The highest BCUT2D eigenvalue weighted by atomic mass is 35.5. The quantitative estimate of drug-likeness (QED) is 0.615. The molecule has 0 spiro atoms. The molecule has 1 aromatic heterocycles. The van der Waals surface area contributed by atoms with Crippen molar-refractivity contribution in [2.45, 2.75) is 38.9 Å². The maximum atomic E-state index is 13.5. The topological polar surface area (TPSA) is 31.4 Å². The highest BCUT2D eigenvalue weighted by Gasteiger charge is 2.50. The number of rotatable bonds is 2. The first-order chi connectivity index (χ1) is 8.73. The van der Waals surface area contributed by atoms with Crippen molar-refractivity contribution < 1.29 is 13.7 Å². The van der Waals surface area contributed by atoms with Gasteiger partial charge < -0.3 is 9.31 Å². The minimum absolute atomic E-state index is 0.235. The van der Waals surface area contributed by atoms with E-state index in [4.69, 9.17) is 20.9 Å². The van der Waals surface area contributed by atoms with Crippen molar-refractivity contribution in [3.63, 3.8) is 0 Å². The molecule has 6 heteroatoms. The summed E-state index contributed by atoms with van der Waals surface area (Å²) in [5.41, 5.74) is -0.600. The Morgan fingerprint density at radius 3 is 2.37 bits per heavy atom. The van der Waals surface area contributed by atoms with Gasteiger partial charge in [0.05, 0.1) is 16.2 Å². The molecule has 0 amide bonds. The Kier molecular flexibility index (Phi) is 3.73. The van der Waals surface area contributed by atoms with Crippen LogP contribution in [0.25, 0.3) is 6.08 Å². The van der Waals surface area contributed by atoms with Crippen molar-refractivity contribution in [3.8, 4) is 0 Å². The highest BCUT2D eigenvalue weighted by molar-refractivity contribution is 6.52. The van der Waals surface area contributed by atoms with Crippen molar-refractivity contribution in [2.24, 2.45) is 0 Å². The molecule has 0 aromatic carbocycles. The molecule has 0 saturated carbocycles. The van der Waals surface area contributed by atoms with E-state index < -0.39 is 24.3 Å². The Bertz CT molecular complexity index is 483. The van der Waals surface area contributed by atoms with Gasteiger partial charge in [-0.3, -0.25) is 0 Å².